The number of hydrogen-bond acceptors (Lipinski definition) is 3. The predicted molar refractivity (Wildman–Crippen MR) is 81.2 cm³/mol. The van der Waals surface area contributed by atoms with Gasteiger partial charge in [0.1, 0.15) is 4.90 Å². The summed E-state index contributed by atoms with van der Waals surface area (Å²) in [6, 6.07) is 0. The number of rotatable bonds is 9. The minimum Gasteiger partial charge on any atom is -0.269 e. The normalized spacial score (nSPS) is 12.2. The molecule has 0 aromatic carbocycles. The Kier molecular flexibility index (Phi) is 6.68. The Hall–Kier alpha value is -0.880. The van der Waals surface area contributed by atoms with Crippen LogP contribution in [0.25, 0.3) is 0 Å². The highest BCUT2D eigenvalue weighted by Gasteiger charge is 2.27. The van der Waals surface area contributed by atoms with E-state index in [1.165, 1.54) is 6.20 Å². The highest BCUT2D eigenvalue weighted by molar-refractivity contribution is 7.89. The fourth-order valence-corrected chi connectivity index (χ4v) is 3.84. The summed E-state index contributed by atoms with van der Waals surface area (Å²) in [6.45, 7) is 9.80. The molecular weight excluding hydrogens is 274 g/mol. The van der Waals surface area contributed by atoms with E-state index in [1.807, 2.05) is 13.8 Å². The van der Waals surface area contributed by atoms with Crippen molar-refractivity contribution in [2.75, 3.05) is 13.1 Å². The molecule has 0 saturated carbocycles. The molecule has 20 heavy (non-hydrogen) atoms. The zero-order valence-electron chi connectivity index (χ0n) is 13.1. The predicted octanol–water partition coefficient (Wildman–Crippen LogP) is 2.80. The van der Waals surface area contributed by atoms with E-state index < -0.39 is 10.0 Å². The maximum atomic E-state index is 12.8. The molecule has 116 valence electrons. The van der Waals surface area contributed by atoms with Gasteiger partial charge in [-0.25, -0.2) is 8.42 Å². The van der Waals surface area contributed by atoms with Crippen LogP contribution in [0.4, 0.5) is 0 Å². The quantitative estimate of drug-likeness (QED) is 0.705. The molecule has 0 N–H and O–H groups in total. The minimum absolute atomic E-state index is 0.353. The lowest BCUT2D eigenvalue weighted by molar-refractivity contribution is 0.395. The summed E-state index contributed by atoms with van der Waals surface area (Å²) in [4.78, 5) is 0.353. The van der Waals surface area contributed by atoms with Crippen LogP contribution in [-0.4, -0.2) is 35.6 Å². The maximum Gasteiger partial charge on any atom is 0.246 e. The summed E-state index contributed by atoms with van der Waals surface area (Å²) in [5.41, 5.74) is 0.727. The molecule has 0 unspecified atom stereocenters. The molecule has 0 fully saturated rings. The van der Waals surface area contributed by atoms with E-state index in [2.05, 4.69) is 18.9 Å². The van der Waals surface area contributed by atoms with Crippen LogP contribution in [0.15, 0.2) is 11.1 Å². The van der Waals surface area contributed by atoms with Gasteiger partial charge in [0.2, 0.25) is 10.0 Å². The summed E-state index contributed by atoms with van der Waals surface area (Å²) < 4.78 is 28.9. The van der Waals surface area contributed by atoms with Gasteiger partial charge in [-0.15, -0.1) is 0 Å². The van der Waals surface area contributed by atoms with E-state index in [1.54, 1.807) is 8.99 Å². The van der Waals surface area contributed by atoms with Crippen LogP contribution >= 0.6 is 0 Å². The summed E-state index contributed by atoms with van der Waals surface area (Å²) in [5, 5.41) is 4.15. The molecule has 0 aliphatic rings. The number of sulfonamides is 1. The summed E-state index contributed by atoms with van der Waals surface area (Å²) in [6.07, 6.45) is 5.25. The fraction of sp³-hybridized carbons (Fsp3) is 0.786. The molecule has 0 amide bonds. The molecule has 6 heteroatoms. The van der Waals surface area contributed by atoms with Crippen molar-refractivity contribution in [3.8, 4) is 0 Å². The van der Waals surface area contributed by atoms with Gasteiger partial charge in [-0.1, -0.05) is 26.7 Å². The van der Waals surface area contributed by atoms with Gasteiger partial charge < -0.3 is 0 Å². The number of aryl methyl sites for hydroxylation is 1. The Labute approximate surface area is 123 Å². The Morgan fingerprint density at radius 1 is 1.15 bits per heavy atom. The summed E-state index contributed by atoms with van der Waals surface area (Å²) in [7, 11) is -3.42. The topological polar surface area (TPSA) is 55.2 Å². The zero-order chi connectivity index (χ0) is 15.2. The molecule has 0 spiro atoms. The third-order valence-corrected chi connectivity index (χ3v) is 5.50. The molecule has 0 saturated heterocycles. The Bertz CT molecular complexity index is 500. The SMILES string of the molecule is CCCCN(CCCC)S(=O)(=O)c1cnn(CC)c1C. The second-order valence-electron chi connectivity index (χ2n) is 5.02. The Morgan fingerprint density at radius 3 is 2.10 bits per heavy atom. The Balaban J connectivity index is 3.04. The minimum atomic E-state index is -3.42. The number of nitrogens with zero attached hydrogens (tertiary/aromatic N) is 3. The fourth-order valence-electron chi connectivity index (χ4n) is 2.16. The van der Waals surface area contributed by atoms with E-state index >= 15 is 0 Å². The van der Waals surface area contributed by atoms with E-state index in [0.717, 1.165) is 31.4 Å². The average Bonchev–Trinajstić information content (AvgIpc) is 2.80. The molecule has 0 radical (unpaired) electrons. The molecule has 1 aromatic heterocycles. The highest BCUT2D eigenvalue weighted by atomic mass is 32.2. The monoisotopic (exact) mass is 301 g/mol. The van der Waals surface area contributed by atoms with Gasteiger partial charge in [0, 0.05) is 19.6 Å². The second-order valence-corrected chi connectivity index (χ2v) is 6.93. The van der Waals surface area contributed by atoms with Gasteiger partial charge in [-0.3, -0.25) is 4.68 Å². The highest BCUT2D eigenvalue weighted by Crippen LogP contribution is 2.20. The lowest BCUT2D eigenvalue weighted by Gasteiger charge is -2.21. The first kappa shape index (κ1) is 17.2. The molecule has 0 aliphatic carbocycles. The van der Waals surface area contributed by atoms with Gasteiger partial charge in [-0.2, -0.15) is 9.40 Å². The van der Waals surface area contributed by atoms with Crippen molar-refractivity contribution in [1.82, 2.24) is 14.1 Å². The van der Waals surface area contributed by atoms with Crippen molar-refractivity contribution in [2.45, 2.75) is 64.8 Å². The third-order valence-electron chi connectivity index (χ3n) is 3.50. The van der Waals surface area contributed by atoms with Crippen molar-refractivity contribution in [2.24, 2.45) is 0 Å². The van der Waals surface area contributed by atoms with Crippen molar-refractivity contribution in [3.63, 3.8) is 0 Å². The first-order chi connectivity index (χ1) is 9.48. The van der Waals surface area contributed by atoms with Crippen LogP contribution in [0.2, 0.25) is 0 Å². The molecule has 1 heterocycles. The van der Waals surface area contributed by atoms with Gasteiger partial charge in [0.05, 0.1) is 11.9 Å². The van der Waals surface area contributed by atoms with E-state index in [-0.39, 0.29) is 0 Å². The van der Waals surface area contributed by atoms with Crippen molar-refractivity contribution in [3.05, 3.63) is 11.9 Å². The molecule has 1 aromatic rings. The van der Waals surface area contributed by atoms with Gasteiger partial charge in [0.25, 0.3) is 0 Å². The van der Waals surface area contributed by atoms with E-state index in [0.29, 0.717) is 24.5 Å². The standard InChI is InChI=1S/C14H27N3O2S/c1-5-8-10-16(11-9-6-2)20(18,19)14-12-15-17(7-3)13(14)4/h12H,5-11H2,1-4H3. The molecule has 0 atom stereocenters. The van der Waals surface area contributed by atoms with Crippen molar-refractivity contribution in [1.29, 1.82) is 0 Å². The molecule has 0 bridgehead atoms. The van der Waals surface area contributed by atoms with E-state index in [9.17, 15) is 8.42 Å². The van der Waals surface area contributed by atoms with Crippen molar-refractivity contribution < 1.29 is 8.42 Å². The van der Waals surface area contributed by atoms with Crippen LogP contribution in [0.1, 0.15) is 52.1 Å². The van der Waals surface area contributed by atoms with Crippen LogP contribution in [0, 0.1) is 6.92 Å². The molecule has 5 nitrogen and oxygen atoms in total. The summed E-state index contributed by atoms with van der Waals surface area (Å²) >= 11 is 0. The molecule has 1 rings (SSSR count). The smallest absolute Gasteiger partial charge is 0.246 e. The van der Waals surface area contributed by atoms with E-state index in [4.69, 9.17) is 0 Å². The third kappa shape index (κ3) is 3.82. The zero-order valence-corrected chi connectivity index (χ0v) is 13.9. The second kappa shape index (κ2) is 7.78. The number of unbranched alkanes of at least 4 members (excludes halogenated alkanes) is 2. The molecular formula is C14H27N3O2S. The first-order valence-corrected chi connectivity index (χ1v) is 8.95. The first-order valence-electron chi connectivity index (χ1n) is 7.51. The summed E-state index contributed by atoms with van der Waals surface area (Å²) in [5.74, 6) is 0. The van der Waals surface area contributed by atoms with Crippen LogP contribution in [0.5, 0.6) is 0 Å². The van der Waals surface area contributed by atoms with Crippen LogP contribution in [-0.2, 0) is 16.6 Å². The number of hydrogen-bond donors (Lipinski definition) is 0. The van der Waals surface area contributed by atoms with Gasteiger partial charge in [-0.05, 0) is 26.7 Å². The lowest BCUT2D eigenvalue weighted by Crippen LogP contribution is -2.33. The van der Waals surface area contributed by atoms with Crippen LogP contribution in [0.3, 0.4) is 0 Å². The average molecular weight is 301 g/mol. The van der Waals surface area contributed by atoms with Crippen molar-refractivity contribution >= 4 is 10.0 Å². The van der Waals surface area contributed by atoms with Crippen LogP contribution < -0.4 is 0 Å². The molecule has 0 aliphatic heterocycles. The van der Waals surface area contributed by atoms with Gasteiger partial charge >= 0.3 is 0 Å². The van der Waals surface area contributed by atoms with Gasteiger partial charge in [0.15, 0.2) is 0 Å². The lowest BCUT2D eigenvalue weighted by atomic mass is 10.3. The largest absolute Gasteiger partial charge is 0.269 e. The number of aromatic nitrogens is 2. The maximum absolute atomic E-state index is 12.8. The Morgan fingerprint density at radius 2 is 1.70 bits per heavy atom.